The minimum absolute atomic E-state index is 0.0145. The van der Waals surface area contributed by atoms with E-state index >= 15 is 0 Å². The van der Waals surface area contributed by atoms with Gasteiger partial charge in [-0.3, -0.25) is 14.5 Å². The van der Waals surface area contributed by atoms with Crippen molar-refractivity contribution in [2.24, 2.45) is 0 Å². The fourth-order valence-corrected chi connectivity index (χ4v) is 5.97. The van der Waals surface area contributed by atoms with Gasteiger partial charge in [0.05, 0.1) is 35.4 Å². The molecule has 1 aliphatic heterocycles. The van der Waals surface area contributed by atoms with E-state index in [-0.39, 0.29) is 16.8 Å². The molecule has 0 radical (unpaired) electrons. The fraction of sp³-hybridized carbons (Fsp3) is 0.207. The Morgan fingerprint density at radius 2 is 1.81 bits per heavy atom. The summed E-state index contributed by atoms with van der Waals surface area (Å²) < 4.78 is 18.3. The van der Waals surface area contributed by atoms with Crippen LogP contribution in [0.4, 0.5) is 5.13 Å². The van der Waals surface area contributed by atoms with Crippen LogP contribution >= 0.6 is 11.3 Å². The molecule has 186 valence electrons. The number of anilines is 1. The van der Waals surface area contributed by atoms with Crippen molar-refractivity contribution in [3.8, 4) is 11.5 Å². The Morgan fingerprint density at radius 1 is 1.00 bits per heavy atom. The number of methoxy groups -OCH3 is 2. The van der Waals surface area contributed by atoms with Gasteiger partial charge in [0.15, 0.2) is 22.1 Å². The third-order valence-corrected chi connectivity index (χ3v) is 7.80. The monoisotopic (exact) mass is 512 g/mol. The maximum atomic E-state index is 14.0. The molecule has 1 aliphatic rings. The van der Waals surface area contributed by atoms with Crippen LogP contribution in [0.2, 0.25) is 0 Å². The first-order chi connectivity index (χ1) is 17.9. The van der Waals surface area contributed by atoms with Gasteiger partial charge in [-0.15, -0.1) is 0 Å². The minimum atomic E-state index is -0.807. The molecule has 6 rings (SSSR count). The molecule has 37 heavy (non-hydrogen) atoms. The molecule has 3 aromatic carbocycles. The molecule has 1 amide bonds. The smallest absolute Gasteiger partial charge is 0.297 e. The highest BCUT2D eigenvalue weighted by atomic mass is 32.1. The number of hydrogen-bond donors (Lipinski definition) is 0. The van der Waals surface area contributed by atoms with Gasteiger partial charge < -0.3 is 13.9 Å². The maximum Gasteiger partial charge on any atom is 0.297 e. The predicted molar refractivity (Wildman–Crippen MR) is 144 cm³/mol. The highest BCUT2D eigenvalue weighted by molar-refractivity contribution is 7.22. The number of ether oxygens (including phenoxy) is 2. The number of benzene rings is 3. The Hall–Kier alpha value is -4.17. The average Bonchev–Trinajstić information content (AvgIpc) is 3.46. The lowest BCUT2D eigenvalue weighted by atomic mass is 9.97. The van der Waals surface area contributed by atoms with Crippen molar-refractivity contribution < 1.29 is 18.7 Å². The summed E-state index contributed by atoms with van der Waals surface area (Å²) in [6.07, 6.45) is 0. The summed E-state index contributed by atoms with van der Waals surface area (Å²) in [4.78, 5) is 34.2. The van der Waals surface area contributed by atoms with Crippen LogP contribution in [0.5, 0.6) is 11.5 Å². The highest BCUT2D eigenvalue weighted by Gasteiger charge is 2.46. The van der Waals surface area contributed by atoms with E-state index in [4.69, 9.17) is 18.9 Å². The van der Waals surface area contributed by atoms with Crippen molar-refractivity contribution in [1.29, 1.82) is 0 Å². The van der Waals surface area contributed by atoms with Crippen LogP contribution < -0.4 is 19.8 Å². The quantitative estimate of drug-likeness (QED) is 0.275. The molecule has 7 nitrogen and oxygen atoms in total. The van der Waals surface area contributed by atoms with Crippen molar-refractivity contribution in [2.75, 3.05) is 19.1 Å². The molecule has 0 fully saturated rings. The van der Waals surface area contributed by atoms with Crippen LogP contribution in [0.15, 0.2) is 69.9 Å². The summed E-state index contributed by atoms with van der Waals surface area (Å²) in [6.45, 7) is 4.27. The van der Waals surface area contributed by atoms with E-state index in [2.05, 4.69) is 26.0 Å². The average molecular weight is 513 g/mol. The molecule has 0 saturated heterocycles. The Balaban J connectivity index is 1.64. The molecule has 1 atom stereocenters. The molecule has 0 saturated carbocycles. The zero-order valence-corrected chi connectivity index (χ0v) is 21.6. The topological polar surface area (TPSA) is 81.9 Å². The van der Waals surface area contributed by atoms with Crippen LogP contribution in [-0.4, -0.2) is 25.1 Å². The molecule has 0 aliphatic carbocycles. The van der Waals surface area contributed by atoms with E-state index in [0.717, 1.165) is 10.2 Å². The molecule has 8 heteroatoms. The fourth-order valence-electron chi connectivity index (χ4n) is 4.93. The third kappa shape index (κ3) is 3.51. The molecule has 0 N–H and O–H groups in total. The Bertz CT molecular complexity index is 1750. The van der Waals surface area contributed by atoms with E-state index in [9.17, 15) is 9.59 Å². The first-order valence-corrected chi connectivity index (χ1v) is 12.7. The Morgan fingerprint density at radius 3 is 2.57 bits per heavy atom. The number of fused-ring (bicyclic) bond motifs is 3. The van der Waals surface area contributed by atoms with Crippen LogP contribution in [0.1, 0.15) is 53.1 Å². The molecule has 3 heterocycles. The lowest BCUT2D eigenvalue weighted by Gasteiger charge is -2.24. The van der Waals surface area contributed by atoms with E-state index in [1.165, 1.54) is 24.0 Å². The maximum absolute atomic E-state index is 14.0. The summed E-state index contributed by atoms with van der Waals surface area (Å²) in [5, 5.41) is 0.888. The predicted octanol–water partition coefficient (Wildman–Crippen LogP) is 6.29. The number of rotatable bonds is 5. The van der Waals surface area contributed by atoms with Crippen molar-refractivity contribution in [2.45, 2.75) is 25.8 Å². The Kier molecular flexibility index (Phi) is 5.49. The summed E-state index contributed by atoms with van der Waals surface area (Å²) in [5.41, 5.74) is 2.95. The SMILES string of the molecule is COc1cccc([C@@H]2c3c(oc4ccccc4c3=O)C(=O)N2c2nc3ccc(C(C)C)cc3s2)c1OC. The van der Waals surface area contributed by atoms with Gasteiger partial charge in [0, 0.05) is 5.56 Å². The third-order valence-electron chi connectivity index (χ3n) is 6.78. The zero-order valence-electron chi connectivity index (χ0n) is 20.8. The molecule has 2 aromatic heterocycles. The largest absolute Gasteiger partial charge is 0.493 e. The number of carbonyl (C=O) groups is 1. The van der Waals surface area contributed by atoms with E-state index in [1.54, 1.807) is 42.3 Å². The molecular weight excluding hydrogens is 488 g/mol. The number of para-hydroxylation sites is 2. The van der Waals surface area contributed by atoms with E-state index in [0.29, 0.717) is 39.1 Å². The molecular formula is C29H24N2O5S. The van der Waals surface area contributed by atoms with E-state index < -0.39 is 11.9 Å². The van der Waals surface area contributed by atoms with Crippen LogP contribution in [0.25, 0.3) is 21.2 Å². The van der Waals surface area contributed by atoms with Gasteiger partial charge in [0.2, 0.25) is 5.76 Å². The standard InChI is InChI=1S/C29H24N2O5S/c1-15(2)16-12-13-19-22(14-16)37-29(30-19)31-24(18-9-7-11-21(34-3)26(18)35-4)23-25(32)17-8-5-6-10-20(17)36-27(23)28(31)33/h5-15,24H,1-4H3/t24-/m1/s1. The first-order valence-electron chi connectivity index (χ1n) is 11.9. The van der Waals surface area contributed by atoms with Gasteiger partial charge in [0.25, 0.3) is 5.91 Å². The van der Waals surface area contributed by atoms with Gasteiger partial charge in [0.1, 0.15) is 11.6 Å². The number of amides is 1. The van der Waals surface area contributed by atoms with E-state index in [1.807, 2.05) is 18.2 Å². The summed E-state index contributed by atoms with van der Waals surface area (Å²) in [7, 11) is 3.09. The highest BCUT2D eigenvalue weighted by Crippen LogP contribution is 2.47. The van der Waals surface area contributed by atoms with Crippen LogP contribution in [0.3, 0.4) is 0 Å². The van der Waals surface area contributed by atoms with Crippen molar-refractivity contribution in [1.82, 2.24) is 4.98 Å². The van der Waals surface area contributed by atoms with Crippen molar-refractivity contribution >= 4 is 43.6 Å². The van der Waals surface area contributed by atoms with Crippen molar-refractivity contribution in [3.05, 3.63) is 93.3 Å². The second kappa shape index (κ2) is 8.74. The number of nitrogens with zero attached hydrogens (tertiary/aromatic N) is 2. The lowest BCUT2D eigenvalue weighted by molar-refractivity contribution is 0.0970. The van der Waals surface area contributed by atoms with Gasteiger partial charge in [-0.1, -0.05) is 55.5 Å². The molecule has 5 aromatic rings. The first kappa shape index (κ1) is 23.2. The number of aromatic nitrogens is 1. The lowest BCUT2D eigenvalue weighted by Crippen LogP contribution is -2.29. The van der Waals surface area contributed by atoms with Crippen molar-refractivity contribution in [3.63, 3.8) is 0 Å². The Labute approximate surface area is 216 Å². The molecule has 0 bridgehead atoms. The number of carbonyl (C=O) groups excluding carboxylic acids is 1. The summed E-state index contributed by atoms with van der Waals surface area (Å²) in [5.74, 6) is 0.889. The normalized spacial score (nSPS) is 15.1. The summed E-state index contributed by atoms with van der Waals surface area (Å²) >= 11 is 1.41. The molecule has 0 spiro atoms. The van der Waals surface area contributed by atoms with Gasteiger partial charge in [-0.2, -0.15) is 0 Å². The second-order valence-electron chi connectivity index (χ2n) is 9.21. The number of hydrogen-bond acceptors (Lipinski definition) is 7. The zero-order chi connectivity index (χ0) is 25.8. The van der Waals surface area contributed by atoms with Gasteiger partial charge >= 0.3 is 0 Å². The second-order valence-corrected chi connectivity index (χ2v) is 10.2. The minimum Gasteiger partial charge on any atom is -0.493 e. The number of thiazole rings is 1. The van der Waals surface area contributed by atoms with Gasteiger partial charge in [-0.05, 0) is 41.8 Å². The van der Waals surface area contributed by atoms with Crippen LogP contribution in [0, 0.1) is 0 Å². The summed E-state index contributed by atoms with van der Waals surface area (Å²) in [6, 6.07) is 17.7. The van der Waals surface area contributed by atoms with Crippen LogP contribution in [-0.2, 0) is 0 Å². The molecule has 0 unspecified atom stereocenters. The van der Waals surface area contributed by atoms with Gasteiger partial charge in [-0.25, -0.2) is 4.98 Å².